The molecule has 0 spiro atoms. The first-order valence-electron chi connectivity index (χ1n) is 4.70. The number of hydrogen-bond donors (Lipinski definition) is 0. The Hall–Kier alpha value is -0.800. The highest BCUT2D eigenvalue weighted by Gasteiger charge is 2.15. The van der Waals surface area contributed by atoms with Crippen molar-refractivity contribution >= 4 is 11.6 Å². The molecule has 1 aliphatic rings. The lowest BCUT2D eigenvalue weighted by molar-refractivity contribution is 0.0237. The molecule has 0 radical (unpaired) electrons. The second kappa shape index (κ2) is 4.62. The zero-order valence-electron chi connectivity index (χ0n) is 7.78. The highest BCUT2D eigenvalue weighted by atomic mass is 35.5. The smallest absolute Gasteiger partial charge is 0.213 e. The molecule has 2 heterocycles. The quantitative estimate of drug-likeness (QED) is 0.756. The SMILES string of the molecule is Clc1ccc(OC2CCOCC2)nc1. The summed E-state index contributed by atoms with van der Waals surface area (Å²) in [6.07, 6.45) is 3.70. The van der Waals surface area contributed by atoms with Gasteiger partial charge in [-0.2, -0.15) is 0 Å². The normalized spacial score (nSPS) is 18.1. The van der Waals surface area contributed by atoms with E-state index in [0.717, 1.165) is 26.1 Å². The van der Waals surface area contributed by atoms with Crippen molar-refractivity contribution in [2.75, 3.05) is 13.2 Å². The summed E-state index contributed by atoms with van der Waals surface area (Å²) in [6, 6.07) is 3.57. The van der Waals surface area contributed by atoms with Crippen molar-refractivity contribution in [2.45, 2.75) is 18.9 Å². The van der Waals surface area contributed by atoms with Crippen LogP contribution in [0.1, 0.15) is 12.8 Å². The van der Waals surface area contributed by atoms with E-state index < -0.39 is 0 Å². The molecule has 1 saturated heterocycles. The van der Waals surface area contributed by atoms with E-state index in [-0.39, 0.29) is 6.10 Å². The van der Waals surface area contributed by atoms with E-state index >= 15 is 0 Å². The topological polar surface area (TPSA) is 31.4 Å². The summed E-state index contributed by atoms with van der Waals surface area (Å²) in [7, 11) is 0. The molecule has 0 aromatic carbocycles. The Balaban J connectivity index is 1.92. The molecule has 76 valence electrons. The van der Waals surface area contributed by atoms with Gasteiger partial charge >= 0.3 is 0 Å². The average Bonchev–Trinajstić information content (AvgIpc) is 2.23. The minimum atomic E-state index is 0.234. The summed E-state index contributed by atoms with van der Waals surface area (Å²) in [5.74, 6) is 0.640. The standard InChI is InChI=1S/C10H12ClNO2/c11-8-1-2-10(12-7-8)14-9-3-5-13-6-4-9/h1-2,7,9H,3-6H2. The van der Waals surface area contributed by atoms with E-state index in [1.54, 1.807) is 18.3 Å². The maximum absolute atomic E-state index is 5.72. The minimum Gasteiger partial charge on any atom is -0.474 e. The van der Waals surface area contributed by atoms with Gasteiger partial charge in [-0.25, -0.2) is 4.98 Å². The lowest BCUT2D eigenvalue weighted by atomic mass is 10.2. The number of halogens is 1. The molecule has 0 aliphatic carbocycles. The third-order valence-corrected chi connectivity index (χ3v) is 2.38. The molecule has 0 unspecified atom stereocenters. The van der Waals surface area contributed by atoms with Crippen LogP contribution in [-0.4, -0.2) is 24.3 Å². The van der Waals surface area contributed by atoms with Crippen LogP contribution in [0.4, 0.5) is 0 Å². The summed E-state index contributed by atoms with van der Waals surface area (Å²) in [5, 5.41) is 0.629. The van der Waals surface area contributed by atoms with Gasteiger partial charge in [-0.1, -0.05) is 11.6 Å². The van der Waals surface area contributed by atoms with Crippen molar-refractivity contribution < 1.29 is 9.47 Å². The highest BCUT2D eigenvalue weighted by molar-refractivity contribution is 6.30. The van der Waals surface area contributed by atoms with Crippen molar-refractivity contribution in [3.8, 4) is 5.88 Å². The summed E-state index contributed by atoms with van der Waals surface area (Å²) >= 11 is 5.72. The van der Waals surface area contributed by atoms with Gasteiger partial charge in [0.25, 0.3) is 0 Å². The van der Waals surface area contributed by atoms with Crippen molar-refractivity contribution in [1.29, 1.82) is 0 Å². The van der Waals surface area contributed by atoms with Crippen LogP contribution in [0.3, 0.4) is 0 Å². The number of hydrogen-bond acceptors (Lipinski definition) is 3. The van der Waals surface area contributed by atoms with Crippen LogP contribution in [0.5, 0.6) is 5.88 Å². The van der Waals surface area contributed by atoms with Crippen LogP contribution in [0.15, 0.2) is 18.3 Å². The molecule has 4 heteroatoms. The van der Waals surface area contributed by atoms with Gasteiger partial charge in [0.1, 0.15) is 6.10 Å². The number of aromatic nitrogens is 1. The molecule has 1 aromatic heterocycles. The Morgan fingerprint density at radius 3 is 2.79 bits per heavy atom. The predicted octanol–water partition coefficient (Wildman–Crippen LogP) is 2.29. The first-order chi connectivity index (χ1) is 6.84. The third-order valence-electron chi connectivity index (χ3n) is 2.16. The maximum Gasteiger partial charge on any atom is 0.213 e. The molecular formula is C10H12ClNO2. The summed E-state index contributed by atoms with van der Waals surface area (Å²) in [6.45, 7) is 1.55. The van der Waals surface area contributed by atoms with E-state index in [2.05, 4.69) is 4.98 Å². The number of ether oxygens (including phenoxy) is 2. The molecule has 0 N–H and O–H groups in total. The van der Waals surface area contributed by atoms with E-state index in [9.17, 15) is 0 Å². The van der Waals surface area contributed by atoms with Crippen molar-refractivity contribution in [1.82, 2.24) is 4.98 Å². The van der Waals surface area contributed by atoms with E-state index in [1.165, 1.54) is 0 Å². The molecule has 1 aromatic rings. The molecule has 1 fully saturated rings. The van der Waals surface area contributed by atoms with Gasteiger partial charge in [0, 0.05) is 25.1 Å². The van der Waals surface area contributed by atoms with Crippen LogP contribution < -0.4 is 4.74 Å². The third kappa shape index (κ3) is 2.59. The molecular weight excluding hydrogens is 202 g/mol. The van der Waals surface area contributed by atoms with Crippen LogP contribution in [0.25, 0.3) is 0 Å². The molecule has 0 bridgehead atoms. The number of nitrogens with zero attached hydrogens (tertiary/aromatic N) is 1. The molecule has 0 atom stereocenters. The van der Waals surface area contributed by atoms with E-state index in [4.69, 9.17) is 21.1 Å². The van der Waals surface area contributed by atoms with Crippen LogP contribution in [-0.2, 0) is 4.74 Å². The van der Waals surface area contributed by atoms with Gasteiger partial charge in [0.15, 0.2) is 0 Å². The maximum atomic E-state index is 5.72. The molecule has 14 heavy (non-hydrogen) atoms. The summed E-state index contributed by atoms with van der Waals surface area (Å²) in [4.78, 5) is 4.08. The fourth-order valence-electron chi connectivity index (χ4n) is 1.40. The van der Waals surface area contributed by atoms with Gasteiger partial charge in [-0.05, 0) is 6.07 Å². The first-order valence-corrected chi connectivity index (χ1v) is 5.08. The molecule has 0 amide bonds. The van der Waals surface area contributed by atoms with Crippen molar-refractivity contribution in [2.24, 2.45) is 0 Å². The lowest BCUT2D eigenvalue weighted by Crippen LogP contribution is -2.26. The van der Waals surface area contributed by atoms with Gasteiger partial charge in [-0.3, -0.25) is 0 Å². The van der Waals surface area contributed by atoms with Gasteiger partial charge in [0.05, 0.1) is 18.2 Å². The largest absolute Gasteiger partial charge is 0.474 e. The Kier molecular flexibility index (Phi) is 3.22. The van der Waals surface area contributed by atoms with E-state index in [1.807, 2.05) is 0 Å². The van der Waals surface area contributed by atoms with E-state index in [0.29, 0.717) is 10.9 Å². The number of rotatable bonds is 2. The van der Waals surface area contributed by atoms with Crippen molar-refractivity contribution in [3.05, 3.63) is 23.4 Å². The molecule has 3 nitrogen and oxygen atoms in total. The fourth-order valence-corrected chi connectivity index (χ4v) is 1.51. The fraction of sp³-hybridized carbons (Fsp3) is 0.500. The Bertz CT molecular complexity index is 283. The predicted molar refractivity (Wildman–Crippen MR) is 53.7 cm³/mol. The molecule has 1 aliphatic heterocycles. The number of pyridine rings is 1. The Morgan fingerprint density at radius 2 is 2.14 bits per heavy atom. The Morgan fingerprint density at radius 1 is 1.36 bits per heavy atom. The summed E-state index contributed by atoms with van der Waals surface area (Å²) in [5.41, 5.74) is 0. The van der Waals surface area contributed by atoms with Gasteiger partial charge in [0.2, 0.25) is 5.88 Å². The molecule has 0 saturated carbocycles. The Labute approximate surface area is 88.0 Å². The molecule has 2 rings (SSSR count). The highest BCUT2D eigenvalue weighted by Crippen LogP contribution is 2.17. The first kappa shape index (κ1) is 9.74. The van der Waals surface area contributed by atoms with Crippen LogP contribution in [0, 0.1) is 0 Å². The average molecular weight is 214 g/mol. The van der Waals surface area contributed by atoms with Gasteiger partial charge in [-0.15, -0.1) is 0 Å². The van der Waals surface area contributed by atoms with Gasteiger partial charge < -0.3 is 9.47 Å². The second-order valence-electron chi connectivity index (χ2n) is 3.24. The lowest BCUT2D eigenvalue weighted by Gasteiger charge is -2.22. The monoisotopic (exact) mass is 213 g/mol. The summed E-state index contributed by atoms with van der Waals surface area (Å²) < 4.78 is 10.9. The van der Waals surface area contributed by atoms with Crippen molar-refractivity contribution in [3.63, 3.8) is 0 Å². The van der Waals surface area contributed by atoms with Crippen LogP contribution >= 0.6 is 11.6 Å². The minimum absolute atomic E-state index is 0.234. The van der Waals surface area contributed by atoms with Crippen LogP contribution in [0.2, 0.25) is 5.02 Å². The zero-order valence-corrected chi connectivity index (χ0v) is 8.54. The zero-order chi connectivity index (χ0) is 9.80. The second-order valence-corrected chi connectivity index (χ2v) is 3.68.